The molecule has 0 fully saturated rings. The number of carboxylic acids is 1. The van der Waals surface area contributed by atoms with E-state index in [1.807, 2.05) is 0 Å². The number of aromatic nitrogens is 3. The van der Waals surface area contributed by atoms with Crippen molar-refractivity contribution in [2.75, 3.05) is 0 Å². The molecule has 1 heterocycles. The number of nitrogens with zero attached hydrogens (tertiary/aromatic N) is 2. The van der Waals surface area contributed by atoms with E-state index in [1.165, 1.54) is 6.33 Å². The van der Waals surface area contributed by atoms with Gasteiger partial charge in [0.25, 0.3) is 0 Å². The predicted molar refractivity (Wildman–Crippen MR) is 41.5 cm³/mol. The highest BCUT2D eigenvalue weighted by Gasteiger charge is 2.10. The first-order chi connectivity index (χ1) is 5.70. The normalized spacial score (nSPS) is 12.8. The Morgan fingerprint density at radius 1 is 1.83 bits per heavy atom. The number of hydrogen-bond donors (Lipinski definition) is 2. The van der Waals surface area contributed by atoms with Crippen LogP contribution in [0, 0.1) is 5.92 Å². The molecular formula is C7H11N3O2. The molecule has 1 aromatic rings. The average Bonchev–Trinajstić information content (AvgIpc) is 2.51. The molecule has 1 unspecified atom stereocenters. The molecule has 66 valence electrons. The number of aliphatic carboxylic acids is 1. The van der Waals surface area contributed by atoms with Gasteiger partial charge in [-0.1, -0.05) is 6.92 Å². The smallest absolute Gasteiger partial charge is 0.306 e. The summed E-state index contributed by atoms with van der Waals surface area (Å²) >= 11 is 0. The van der Waals surface area contributed by atoms with E-state index >= 15 is 0 Å². The summed E-state index contributed by atoms with van der Waals surface area (Å²) < 4.78 is 0. The van der Waals surface area contributed by atoms with Gasteiger partial charge >= 0.3 is 5.97 Å². The second-order valence-electron chi connectivity index (χ2n) is 2.71. The molecule has 2 N–H and O–H groups in total. The van der Waals surface area contributed by atoms with Crippen LogP contribution in [0.2, 0.25) is 0 Å². The zero-order valence-corrected chi connectivity index (χ0v) is 6.82. The standard InChI is InChI=1S/C7H11N3O2/c1-5(7(11)12)2-3-6-8-4-9-10-6/h4-5H,2-3H2,1H3,(H,11,12)(H,8,9,10). The Kier molecular flexibility index (Phi) is 2.79. The van der Waals surface area contributed by atoms with Crippen molar-refractivity contribution in [2.45, 2.75) is 19.8 Å². The van der Waals surface area contributed by atoms with Gasteiger partial charge in [0, 0.05) is 6.42 Å². The van der Waals surface area contributed by atoms with E-state index in [1.54, 1.807) is 6.92 Å². The Labute approximate surface area is 69.8 Å². The molecule has 0 amide bonds. The molecule has 0 aliphatic rings. The lowest BCUT2D eigenvalue weighted by Crippen LogP contribution is -2.10. The molecular weight excluding hydrogens is 158 g/mol. The molecule has 0 aromatic carbocycles. The first kappa shape index (κ1) is 8.70. The van der Waals surface area contributed by atoms with E-state index in [9.17, 15) is 4.79 Å². The van der Waals surface area contributed by atoms with Crippen molar-refractivity contribution in [3.8, 4) is 0 Å². The summed E-state index contributed by atoms with van der Waals surface area (Å²) in [5.41, 5.74) is 0. The third-order valence-electron chi connectivity index (χ3n) is 1.70. The Morgan fingerprint density at radius 3 is 3.08 bits per heavy atom. The van der Waals surface area contributed by atoms with Crippen molar-refractivity contribution in [1.29, 1.82) is 0 Å². The Morgan fingerprint density at radius 2 is 2.58 bits per heavy atom. The number of aromatic amines is 1. The van der Waals surface area contributed by atoms with Crippen molar-refractivity contribution < 1.29 is 9.90 Å². The predicted octanol–water partition coefficient (Wildman–Crippen LogP) is 0.458. The molecule has 5 nitrogen and oxygen atoms in total. The number of aryl methyl sites for hydroxylation is 1. The van der Waals surface area contributed by atoms with Gasteiger partial charge in [-0.15, -0.1) is 0 Å². The molecule has 0 spiro atoms. The van der Waals surface area contributed by atoms with Gasteiger partial charge in [0.15, 0.2) is 0 Å². The summed E-state index contributed by atoms with van der Waals surface area (Å²) in [5, 5.41) is 14.9. The molecule has 0 radical (unpaired) electrons. The molecule has 0 aliphatic heterocycles. The lowest BCUT2D eigenvalue weighted by atomic mass is 10.1. The van der Waals surface area contributed by atoms with E-state index < -0.39 is 5.97 Å². The molecule has 0 saturated carbocycles. The van der Waals surface area contributed by atoms with Gasteiger partial charge in [-0.2, -0.15) is 5.10 Å². The highest BCUT2D eigenvalue weighted by Crippen LogP contribution is 2.05. The summed E-state index contributed by atoms with van der Waals surface area (Å²) in [6, 6.07) is 0. The van der Waals surface area contributed by atoms with Crippen LogP contribution >= 0.6 is 0 Å². The molecule has 12 heavy (non-hydrogen) atoms. The molecule has 1 atom stereocenters. The van der Waals surface area contributed by atoms with Crippen LogP contribution < -0.4 is 0 Å². The molecule has 0 aliphatic carbocycles. The summed E-state index contributed by atoms with van der Waals surface area (Å²) in [5.74, 6) is -0.354. The van der Waals surface area contributed by atoms with Crippen LogP contribution in [0.15, 0.2) is 6.33 Å². The van der Waals surface area contributed by atoms with Crippen LogP contribution in [-0.2, 0) is 11.2 Å². The molecule has 5 heteroatoms. The van der Waals surface area contributed by atoms with Crippen molar-refractivity contribution >= 4 is 5.97 Å². The van der Waals surface area contributed by atoms with Crippen molar-refractivity contribution in [3.05, 3.63) is 12.2 Å². The lowest BCUT2D eigenvalue weighted by molar-refractivity contribution is -0.141. The van der Waals surface area contributed by atoms with Crippen LogP contribution in [-0.4, -0.2) is 26.3 Å². The van der Waals surface area contributed by atoms with E-state index in [0.29, 0.717) is 12.8 Å². The quantitative estimate of drug-likeness (QED) is 0.686. The SMILES string of the molecule is CC(CCc1ncn[nH]1)C(=O)O. The summed E-state index contributed by atoms with van der Waals surface area (Å²) in [6.07, 6.45) is 2.64. The van der Waals surface area contributed by atoms with E-state index in [4.69, 9.17) is 5.11 Å². The van der Waals surface area contributed by atoms with Crippen LogP contribution in [0.25, 0.3) is 0 Å². The summed E-state index contributed by atoms with van der Waals surface area (Å²) in [7, 11) is 0. The fourth-order valence-corrected chi connectivity index (χ4v) is 0.828. The van der Waals surface area contributed by atoms with Gasteiger partial charge < -0.3 is 5.11 Å². The second kappa shape index (κ2) is 3.85. The van der Waals surface area contributed by atoms with Gasteiger partial charge in [0.05, 0.1) is 5.92 Å². The minimum atomic E-state index is -0.769. The zero-order chi connectivity index (χ0) is 8.97. The van der Waals surface area contributed by atoms with Gasteiger partial charge in [-0.3, -0.25) is 9.89 Å². The number of hydrogen-bond acceptors (Lipinski definition) is 3. The maximum atomic E-state index is 10.4. The maximum Gasteiger partial charge on any atom is 0.306 e. The van der Waals surface area contributed by atoms with Crippen LogP contribution in [0.5, 0.6) is 0 Å². The van der Waals surface area contributed by atoms with E-state index in [0.717, 1.165) is 5.82 Å². The number of nitrogens with one attached hydrogen (secondary N) is 1. The highest BCUT2D eigenvalue weighted by atomic mass is 16.4. The van der Waals surface area contributed by atoms with Gasteiger partial charge in [0.2, 0.25) is 0 Å². The number of carbonyl (C=O) groups is 1. The number of carboxylic acid groups (broad SMARTS) is 1. The van der Waals surface area contributed by atoms with Gasteiger partial charge in [0.1, 0.15) is 12.2 Å². The Hall–Kier alpha value is -1.39. The Bertz CT molecular complexity index is 245. The van der Waals surface area contributed by atoms with Crippen molar-refractivity contribution in [3.63, 3.8) is 0 Å². The van der Waals surface area contributed by atoms with Crippen LogP contribution in [0.3, 0.4) is 0 Å². The molecule has 0 saturated heterocycles. The van der Waals surface area contributed by atoms with Crippen LogP contribution in [0.1, 0.15) is 19.2 Å². The first-order valence-electron chi connectivity index (χ1n) is 3.77. The van der Waals surface area contributed by atoms with Crippen molar-refractivity contribution in [1.82, 2.24) is 15.2 Å². The topological polar surface area (TPSA) is 78.9 Å². The second-order valence-corrected chi connectivity index (χ2v) is 2.71. The maximum absolute atomic E-state index is 10.4. The van der Waals surface area contributed by atoms with Gasteiger partial charge in [-0.05, 0) is 6.42 Å². The number of rotatable bonds is 4. The minimum absolute atomic E-state index is 0.324. The van der Waals surface area contributed by atoms with E-state index in [2.05, 4.69) is 15.2 Å². The molecule has 1 rings (SSSR count). The zero-order valence-electron chi connectivity index (χ0n) is 6.82. The fraction of sp³-hybridized carbons (Fsp3) is 0.571. The molecule has 0 bridgehead atoms. The highest BCUT2D eigenvalue weighted by molar-refractivity contribution is 5.69. The fourth-order valence-electron chi connectivity index (χ4n) is 0.828. The summed E-state index contributed by atoms with van der Waals surface area (Å²) in [4.78, 5) is 14.3. The van der Waals surface area contributed by atoms with E-state index in [-0.39, 0.29) is 5.92 Å². The monoisotopic (exact) mass is 169 g/mol. The largest absolute Gasteiger partial charge is 0.481 e. The first-order valence-corrected chi connectivity index (χ1v) is 3.77. The lowest BCUT2D eigenvalue weighted by Gasteiger charge is -2.02. The Balaban J connectivity index is 2.31. The minimum Gasteiger partial charge on any atom is -0.481 e. The molecule has 1 aromatic heterocycles. The average molecular weight is 169 g/mol. The third kappa shape index (κ3) is 2.34. The van der Waals surface area contributed by atoms with Crippen LogP contribution in [0.4, 0.5) is 0 Å². The summed E-state index contributed by atoms with van der Waals surface area (Å²) in [6.45, 7) is 1.68. The van der Waals surface area contributed by atoms with Crippen molar-refractivity contribution in [2.24, 2.45) is 5.92 Å². The van der Waals surface area contributed by atoms with Gasteiger partial charge in [-0.25, -0.2) is 4.98 Å². The third-order valence-corrected chi connectivity index (χ3v) is 1.70. The number of H-pyrrole nitrogens is 1.